The molecule has 4 nitrogen and oxygen atoms in total. The van der Waals surface area contributed by atoms with Crippen molar-refractivity contribution in [3.05, 3.63) is 0 Å². The van der Waals surface area contributed by atoms with Crippen molar-refractivity contribution in [3.8, 4) is 0 Å². The third-order valence-electron chi connectivity index (χ3n) is 2.07. The summed E-state index contributed by atoms with van der Waals surface area (Å²) in [5, 5.41) is 5.95. The van der Waals surface area contributed by atoms with Crippen LogP contribution < -0.4 is 16.4 Å². The lowest BCUT2D eigenvalue weighted by Gasteiger charge is -2.22. The van der Waals surface area contributed by atoms with Gasteiger partial charge in [0.15, 0.2) is 0 Å². The van der Waals surface area contributed by atoms with Crippen LogP contribution in [0.3, 0.4) is 0 Å². The molecule has 1 saturated heterocycles. The monoisotopic (exact) mass is 171 g/mol. The summed E-state index contributed by atoms with van der Waals surface area (Å²) in [5.41, 5.74) is 5.27. The Labute approximate surface area is 72.9 Å². The molecule has 0 aromatic rings. The molecule has 0 spiro atoms. The van der Waals surface area contributed by atoms with Gasteiger partial charge in [0.2, 0.25) is 5.91 Å². The number of rotatable bonds is 3. The van der Waals surface area contributed by atoms with Crippen molar-refractivity contribution in [2.24, 2.45) is 5.73 Å². The first-order chi connectivity index (χ1) is 5.84. The van der Waals surface area contributed by atoms with Gasteiger partial charge in [0.25, 0.3) is 0 Å². The number of carbonyl (C=O) groups excluding carboxylic acids is 1. The highest BCUT2D eigenvalue weighted by molar-refractivity contribution is 5.81. The molecule has 12 heavy (non-hydrogen) atoms. The SMILES string of the molecule is NCCNC(=O)[C@H]1CCCCN1. The van der Waals surface area contributed by atoms with Gasteiger partial charge in [0.1, 0.15) is 0 Å². The predicted molar refractivity (Wildman–Crippen MR) is 47.7 cm³/mol. The molecule has 4 heteroatoms. The van der Waals surface area contributed by atoms with Gasteiger partial charge in [-0.1, -0.05) is 6.42 Å². The van der Waals surface area contributed by atoms with E-state index in [0.717, 1.165) is 19.4 Å². The molecule has 0 bridgehead atoms. The van der Waals surface area contributed by atoms with Gasteiger partial charge in [-0.15, -0.1) is 0 Å². The standard InChI is InChI=1S/C8H17N3O/c9-4-6-11-8(12)7-3-1-2-5-10-7/h7,10H,1-6,9H2,(H,11,12)/t7-/m1/s1. The van der Waals surface area contributed by atoms with Crippen molar-refractivity contribution in [3.63, 3.8) is 0 Å². The molecule has 0 saturated carbocycles. The molecule has 0 unspecified atom stereocenters. The first kappa shape index (κ1) is 9.48. The van der Waals surface area contributed by atoms with Gasteiger partial charge in [-0.2, -0.15) is 0 Å². The molecule has 1 aliphatic rings. The van der Waals surface area contributed by atoms with Crippen molar-refractivity contribution in [1.29, 1.82) is 0 Å². The van der Waals surface area contributed by atoms with E-state index >= 15 is 0 Å². The molecule has 4 N–H and O–H groups in total. The van der Waals surface area contributed by atoms with Crippen LogP contribution in [0.4, 0.5) is 0 Å². The molecule has 0 radical (unpaired) electrons. The summed E-state index contributed by atoms with van der Waals surface area (Å²) >= 11 is 0. The van der Waals surface area contributed by atoms with Gasteiger partial charge in [0.05, 0.1) is 6.04 Å². The minimum Gasteiger partial charge on any atom is -0.353 e. The van der Waals surface area contributed by atoms with Crippen LogP contribution >= 0.6 is 0 Å². The summed E-state index contributed by atoms with van der Waals surface area (Å²) in [4.78, 5) is 11.3. The Hall–Kier alpha value is -0.610. The van der Waals surface area contributed by atoms with Crippen molar-refractivity contribution in [2.45, 2.75) is 25.3 Å². The van der Waals surface area contributed by atoms with Crippen LogP contribution in [0.15, 0.2) is 0 Å². The first-order valence-electron chi connectivity index (χ1n) is 4.56. The van der Waals surface area contributed by atoms with Crippen LogP contribution in [0.2, 0.25) is 0 Å². The molecule has 1 rings (SSSR count). The van der Waals surface area contributed by atoms with Crippen LogP contribution in [0.25, 0.3) is 0 Å². The predicted octanol–water partition coefficient (Wildman–Crippen LogP) is -0.797. The van der Waals surface area contributed by atoms with Crippen LogP contribution in [-0.2, 0) is 4.79 Å². The van der Waals surface area contributed by atoms with Crippen molar-refractivity contribution in [1.82, 2.24) is 10.6 Å². The van der Waals surface area contributed by atoms with E-state index in [1.165, 1.54) is 6.42 Å². The van der Waals surface area contributed by atoms with E-state index in [1.54, 1.807) is 0 Å². The molecule has 70 valence electrons. The molecule has 0 aliphatic carbocycles. The largest absolute Gasteiger partial charge is 0.353 e. The number of hydrogen-bond acceptors (Lipinski definition) is 3. The van der Waals surface area contributed by atoms with E-state index in [1.807, 2.05) is 0 Å². The van der Waals surface area contributed by atoms with E-state index in [-0.39, 0.29) is 11.9 Å². The normalized spacial score (nSPS) is 23.6. The quantitative estimate of drug-likeness (QED) is 0.521. The Morgan fingerprint density at radius 3 is 3.00 bits per heavy atom. The van der Waals surface area contributed by atoms with E-state index in [4.69, 9.17) is 5.73 Å². The number of amides is 1. The zero-order valence-electron chi connectivity index (χ0n) is 7.31. The fourth-order valence-corrected chi connectivity index (χ4v) is 1.39. The summed E-state index contributed by atoms with van der Waals surface area (Å²) in [7, 11) is 0. The van der Waals surface area contributed by atoms with Gasteiger partial charge in [-0.25, -0.2) is 0 Å². The van der Waals surface area contributed by atoms with E-state index < -0.39 is 0 Å². The Kier molecular flexibility index (Phi) is 4.04. The molecule has 1 heterocycles. The second-order valence-corrected chi connectivity index (χ2v) is 3.08. The Morgan fingerprint density at radius 2 is 2.42 bits per heavy atom. The highest BCUT2D eigenvalue weighted by Gasteiger charge is 2.19. The van der Waals surface area contributed by atoms with Crippen LogP contribution in [0.1, 0.15) is 19.3 Å². The van der Waals surface area contributed by atoms with E-state index in [2.05, 4.69) is 10.6 Å². The summed E-state index contributed by atoms with van der Waals surface area (Å²) in [6.07, 6.45) is 3.28. The van der Waals surface area contributed by atoms with Crippen LogP contribution in [-0.4, -0.2) is 31.6 Å². The number of nitrogens with one attached hydrogen (secondary N) is 2. The Morgan fingerprint density at radius 1 is 1.58 bits per heavy atom. The van der Waals surface area contributed by atoms with Crippen molar-refractivity contribution < 1.29 is 4.79 Å². The fraction of sp³-hybridized carbons (Fsp3) is 0.875. The summed E-state index contributed by atoms with van der Waals surface area (Å²) in [6, 6.07) is 0.0188. The van der Waals surface area contributed by atoms with Crippen molar-refractivity contribution >= 4 is 5.91 Å². The van der Waals surface area contributed by atoms with E-state index in [9.17, 15) is 4.79 Å². The first-order valence-corrected chi connectivity index (χ1v) is 4.56. The van der Waals surface area contributed by atoms with Gasteiger partial charge in [-0.05, 0) is 19.4 Å². The smallest absolute Gasteiger partial charge is 0.237 e. The van der Waals surface area contributed by atoms with Gasteiger partial charge >= 0.3 is 0 Å². The average molecular weight is 171 g/mol. The maximum Gasteiger partial charge on any atom is 0.237 e. The minimum atomic E-state index is 0.0188. The molecule has 1 amide bonds. The third kappa shape index (κ3) is 2.79. The maximum absolute atomic E-state index is 11.3. The fourth-order valence-electron chi connectivity index (χ4n) is 1.39. The lowest BCUT2D eigenvalue weighted by molar-refractivity contribution is -0.123. The maximum atomic E-state index is 11.3. The number of carbonyl (C=O) groups is 1. The zero-order valence-corrected chi connectivity index (χ0v) is 7.31. The lowest BCUT2D eigenvalue weighted by Crippen LogP contribution is -2.47. The number of hydrogen-bond donors (Lipinski definition) is 3. The summed E-state index contributed by atoms with van der Waals surface area (Å²) in [5.74, 6) is 0.0974. The zero-order chi connectivity index (χ0) is 8.81. The number of nitrogens with two attached hydrogens (primary N) is 1. The molecule has 1 aliphatic heterocycles. The van der Waals surface area contributed by atoms with Gasteiger partial charge in [-0.3, -0.25) is 4.79 Å². The molecular weight excluding hydrogens is 154 g/mol. The van der Waals surface area contributed by atoms with Crippen molar-refractivity contribution in [2.75, 3.05) is 19.6 Å². The van der Waals surface area contributed by atoms with Crippen LogP contribution in [0.5, 0.6) is 0 Å². The highest BCUT2D eigenvalue weighted by atomic mass is 16.2. The molecular formula is C8H17N3O. The third-order valence-corrected chi connectivity index (χ3v) is 2.07. The summed E-state index contributed by atoms with van der Waals surface area (Å²) in [6.45, 7) is 2.05. The highest BCUT2D eigenvalue weighted by Crippen LogP contribution is 2.06. The second kappa shape index (κ2) is 5.11. The molecule has 1 fully saturated rings. The molecule has 0 aromatic carbocycles. The van der Waals surface area contributed by atoms with E-state index in [0.29, 0.717) is 13.1 Å². The lowest BCUT2D eigenvalue weighted by atomic mass is 10.0. The Balaban J connectivity index is 2.20. The second-order valence-electron chi connectivity index (χ2n) is 3.08. The Bertz CT molecular complexity index is 143. The average Bonchev–Trinajstić information content (AvgIpc) is 2.15. The number of piperidine rings is 1. The minimum absolute atomic E-state index is 0.0188. The van der Waals surface area contributed by atoms with Gasteiger partial charge in [0, 0.05) is 13.1 Å². The van der Waals surface area contributed by atoms with Crippen LogP contribution in [0, 0.1) is 0 Å². The van der Waals surface area contributed by atoms with Gasteiger partial charge < -0.3 is 16.4 Å². The topological polar surface area (TPSA) is 67.1 Å². The molecule has 0 aromatic heterocycles. The molecule has 1 atom stereocenters. The summed E-state index contributed by atoms with van der Waals surface area (Å²) < 4.78 is 0.